The van der Waals surface area contributed by atoms with Crippen molar-refractivity contribution < 1.29 is 14.0 Å². The van der Waals surface area contributed by atoms with Crippen LogP contribution in [-0.4, -0.2) is 34.4 Å². The highest BCUT2D eigenvalue weighted by molar-refractivity contribution is 7.15. The van der Waals surface area contributed by atoms with Gasteiger partial charge in [-0.05, 0) is 19.9 Å². The van der Waals surface area contributed by atoms with Gasteiger partial charge in [0.15, 0.2) is 5.13 Å². The Bertz CT molecular complexity index is 708. The summed E-state index contributed by atoms with van der Waals surface area (Å²) in [7, 11) is 0. The van der Waals surface area contributed by atoms with Crippen molar-refractivity contribution in [2.24, 2.45) is 0 Å². The molecule has 0 unspecified atom stereocenters. The van der Waals surface area contributed by atoms with E-state index in [-0.39, 0.29) is 18.0 Å². The molecule has 0 radical (unpaired) electrons. The molecule has 3 heterocycles. The van der Waals surface area contributed by atoms with Crippen LogP contribution < -0.4 is 10.6 Å². The predicted octanol–water partition coefficient (Wildman–Crippen LogP) is 2.46. The van der Waals surface area contributed by atoms with E-state index in [9.17, 15) is 9.59 Å². The fraction of sp³-hybridized carbons (Fsp3) is 0.400. The number of nitrogens with one attached hydrogen (secondary N) is 2. The number of thiazole rings is 1. The molecule has 3 amide bonds. The van der Waals surface area contributed by atoms with Gasteiger partial charge in [-0.15, -0.1) is 0 Å². The maximum absolute atomic E-state index is 12.1. The molecule has 0 aromatic carbocycles. The number of hydrogen-bond donors (Lipinski definition) is 2. The summed E-state index contributed by atoms with van der Waals surface area (Å²) in [5.74, 6) is -0.251. The molecule has 1 aliphatic heterocycles. The van der Waals surface area contributed by atoms with Gasteiger partial charge >= 0.3 is 6.03 Å². The first-order chi connectivity index (χ1) is 11.0. The molecule has 0 spiro atoms. The lowest BCUT2D eigenvalue weighted by molar-refractivity contribution is 0.102. The van der Waals surface area contributed by atoms with Crippen molar-refractivity contribution in [2.75, 3.05) is 11.9 Å². The minimum absolute atomic E-state index is 0.0666. The maximum Gasteiger partial charge on any atom is 0.317 e. The van der Waals surface area contributed by atoms with Gasteiger partial charge in [0.05, 0.1) is 24.1 Å². The molecule has 3 rings (SSSR count). The Balaban J connectivity index is 1.67. The van der Waals surface area contributed by atoms with Crippen LogP contribution in [0.4, 0.5) is 9.93 Å². The van der Waals surface area contributed by atoms with Crippen molar-refractivity contribution in [3.63, 3.8) is 0 Å². The van der Waals surface area contributed by atoms with Crippen molar-refractivity contribution in [2.45, 2.75) is 32.9 Å². The number of aromatic nitrogens is 1. The molecular weight excluding hydrogens is 316 g/mol. The van der Waals surface area contributed by atoms with Crippen LogP contribution in [0.15, 0.2) is 23.0 Å². The van der Waals surface area contributed by atoms with Gasteiger partial charge in [-0.25, -0.2) is 9.78 Å². The van der Waals surface area contributed by atoms with E-state index < -0.39 is 0 Å². The average molecular weight is 334 g/mol. The number of furan rings is 1. The van der Waals surface area contributed by atoms with Crippen LogP contribution in [0.2, 0.25) is 0 Å². The largest absolute Gasteiger partial charge is 0.472 e. The van der Waals surface area contributed by atoms with E-state index in [0.717, 1.165) is 10.6 Å². The lowest BCUT2D eigenvalue weighted by Crippen LogP contribution is -2.44. The van der Waals surface area contributed by atoms with E-state index in [1.165, 1.54) is 23.9 Å². The molecule has 0 bridgehead atoms. The predicted molar refractivity (Wildman–Crippen MR) is 86.6 cm³/mol. The number of carbonyl (C=O) groups is 2. The minimum Gasteiger partial charge on any atom is -0.472 e. The Hall–Kier alpha value is -2.35. The summed E-state index contributed by atoms with van der Waals surface area (Å²) in [5, 5.41) is 6.21. The van der Waals surface area contributed by atoms with E-state index in [1.807, 2.05) is 13.8 Å². The van der Waals surface area contributed by atoms with Crippen LogP contribution in [-0.2, 0) is 13.0 Å². The molecule has 7 nitrogen and oxygen atoms in total. The Morgan fingerprint density at radius 3 is 2.96 bits per heavy atom. The third-order valence-corrected chi connectivity index (χ3v) is 4.43. The van der Waals surface area contributed by atoms with Gasteiger partial charge in [0, 0.05) is 23.9 Å². The maximum atomic E-state index is 12.1. The summed E-state index contributed by atoms with van der Waals surface area (Å²) < 4.78 is 4.90. The smallest absolute Gasteiger partial charge is 0.317 e. The number of hydrogen-bond acceptors (Lipinski definition) is 5. The summed E-state index contributed by atoms with van der Waals surface area (Å²) in [6, 6.07) is 1.64. The summed E-state index contributed by atoms with van der Waals surface area (Å²) in [6.07, 6.45) is 3.53. The first kappa shape index (κ1) is 15.5. The summed E-state index contributed by atoms with van der Waals surface area (Å²) in [4.78, 5) is 31.3. The monoisotopic (exact) mass is 334 g/mol. The van der Waals surface area contributed by atoms with Gasteiger partial charge in [-0.1, -0.05) is 11.3 Å². The molecule has 2 aromatic rings. The summed E-state index contributed by atoms with van der Waals surface area (Å²) in [5.41, 5.74) is 1.40. The van der Waals surface area contributed by atoms with E-state index >= 15 is 0 Å². The zero-order valence-corrected chi connectivity index (χ0v) is 13.8. The average Bonchev–Trinajstić information content (AvgIpc) is 3.14. The molecule has 2 N–H and O–H groups in total. The highest BCUT2D eigenvalue weighted by Gasteiger charge is 2.25. The Labute approximate surface area is 137 Å². The third-order valence-electron chi connectivity index (χ3n) is 3.43. The highest BCUT2D eigenvalue weighted by atomic mass is 32.1. The number of rotatable bonds is 3. The normalized spacial score (nSPS) is 13.8. The highest BCUT2D eigenvalue weighted by Crippen LogP contribution is 2.28. The van der Waals surface area contributed by atoms with Crippen LogP contribution >= 0.6 is 11.3 Å². The Morgan fingerprint density at radius 1 is 1.43 bits per heavy atom. The lowest BCUT2D eigenvalue weighted by atomic mass is 10.2. The molecule has 2 aromatic heterocycles. The van der Waals surface area contributed by atoms with Crippen LogP contribution in [0, 0.1) is 0 Å². The van der Waals surface area contributed by atoms with Gasteiger partial charge in [-0.2, -0.15) is 0 Å². The van der Waals surface area contributed by atoms with Crippen LogP contribution in [0.5, 0.6) is 0 Å². The van der Waals surface area contributed by atoms with Crippen molar-refractivity contribution in [3.05, 3.63) is 34.7 Å². The SMILES string of the molecule is CC(C)NC(=O)N1CCc2nc(NC(=O)c3ccoc3)sc2C1. The first-order valence-electron chi connectivity index (χ1n) is 7.40. The molecule has 0 aliphatic carbocycles. The van der Waals surface area contributed by atoms with E-state index in [4.69, 9.17) is 4.42 Å². The van der Waals surface area contributed by atoms with Crippen molar-refractivity contribution in [1.29, 1.82) is 0 Å². The fourth-order valence-corrected chi connectivity index (χ4v) is 3.34. The summed E-state index contributed by atoms with van der Waals surface area (Å²) in [6.45, 7) is 5.02. The van der Waals surface area contributed by atoms with Gasteiger partial charge < -0.3 is 14.6 Å². The number of amides is 3. The van der Waals surface area contributed by atoms with Gasteiger partial charge in [0.25, 0.3) is 5.91 Å². The van der Waals surface area contributed by atoms with Crippen molar-refractivity contribution in [1.82, 2.24) is 15.2 Å². The van der Waals surface area contributed by atoms with Crippen LogP contribution in [0.25, 0.3) is 0 Å². The zero-order chi connectivity index (χ0) is 16.4. The molecule has 122 valence electrons. The first-order valence-corrected chi connectivity index (χ1v) is 8.22. The quantitative estimate of drug-likeness (QED) is 0.902. The molecule has 8 heteroatoms. The second-order valence-electron chi connectivity index (χ2n) is 5.63. The molecule has 0 fully saturated rings. The fourth-order valence-electron chi connectivity index (χ4n) is 2.32. The van der Waals surface area contributed by atoms with E-state index in [1.54, 1.807) is 11.0 Å². The zero-order valence-electron chi connectivity index (χ0n) is 13.0. The Morgan fingerprint density at radius 2 is 2.26 bits per heavy atom. The van der Waals surface area contributed by atoms with Gasteiger partial charge in [0.2, 0.25) is 0 Å². The van der Waals surface area contributed by atoms with Crippen LogP contribution in [0.1, 0.15) is 34.8 Å². The number of anilines is 1. The standard InChI is InChI=1S/C15H18N4O3S/c1-9(2)16-15(21)19-5-3-11-12(7-19)23-14(17-11)18-13(20)10-4-6-22-8-10/h4,6,8-9H,3,5,7H2,1-2H3,(H,16,21)(H,17,18,20). The Kier molecular flexibility index (Phi) is 4.33. The second-order valence-corrected chi connectivity index (χ2v) is 6.71. The number of nitrogens with zero attached hydrogens (tertiary/aromatic N) is 2. The lowest BCUT2D eigenvalue weighted by Gasteiger charge is -2.27. The number of carbonyl (C=O) groups excluding carboxylic acids is 2. The minimum atomic E-state index is -0.251. The molecule has 0 saturated heterocycles. The second kappa shape index (κ2) is 6.41. The molecule has 23 heavy (non-hydrogen) atoms. The molecular formula is C15H18N4O3S. The number of fused-ring (bicyclic) bond motifs is 1. The summed E-state index contributed by atoms with van der Waals surface area (Å²) >= 11 is 1.41. The van der Waals surface area contributed by atoms with Gasteiger partial charge in [-0.3, -0.25) is 10.1 Å². The van der Waals surface area contributed by atoms with E-state index in [0.29, 0.717) is 30.2 Å². The van der Waals surface area contributed by atoms with Crippen LogP contribution in [0.3, 0.4) is 0 Å². The molecule has 1 aliphatic rings. The third kappa shape index (κ3) is 3.53. The number of urea groups is 1. The van der Waals surface area contributed by atoms with E-state index in [2.05, 4.69) is 15.6 Å². The molecule has 0 saturated carbocycles. The molecule has 0 atom stereocenters. The topological polar surface area (TPSA) is 87.5 Å². The van der Waals surface area contributed by atoms with Crippen molar-refractivity contribution >= 4 is 28.4 Å². The van der Waals surface area contributed by atoms with Gasteiger partial charge in [0.1, 0.15) is 6.26 Å². The van der Waals surface area contributed by atoms with Crippen molar-refractivity contribution in [3.8, 4) is 0 Å².